The molecule has 0 unspecified atom stereocenters. The molecule has 3 rings (SSSR count). The van der Waals surface area contributed by atoms with Gasteiger partial charge in [0, 0.05) is 25.8 Å². The number of hydrogen-bond acceptors (Lipinski definition) is 3. The number of nitrogens with one attached hydrogen (secondary N) is 2. The van der Waals surface area contributed by atoms with E-state index in [0.717, 1.165) is 50.5 Å². The molecule has 1 saturated heterocycles. The van der Waals surface area contributed by atoms with Crippen molar-refractivity contribution < 1.29 is 4.79 Å². The topological polar surface area (TPSA) is 60.0 Å². The molecule has 1 aromatic rings. The summed E-state index contributed by atoms with van der Waals surface area (Å²) in [6.45, 7) is 7.83. The summed E-state index contributed by atoms with van der Waals surface area (Å²) in [5.74, 6) is 1.67. The van der Waals surface area contributed by atoms with Crippen molar-refractivity contribution in [1.29, 1.82) is 0 Å². The zero-order valence-corrected chi connectivity index (χ0v) is 17.4. The Kier molecular flexibility index (Phi) is 7.71. The van der Waals surface area contributed by atoms with Gasteiger partial charge in [0.2, 0.25) is 5.91 Å². The fourth-order valence-electron chi connectivity index (χ4n) is 4.06. The molecular formula is C22H35N5O. The number of carbonyl (C=O) groups is 1. The average molecular weight is 386 g/mol. The van der Waals surface area contributed by atoms with Crippen molar-refractivity contribution in [3.8, 4) is 0 Å². The lowest BCUT2D eigenvalue weighted by Crippen LogP contribution is -2.46. The van der Waals surface area contributed by atoms with Crippen LogP contribution in [0.1, 0.15) is 38.2 Å². The Morgan fingerprint density at radius 2 is 1.96 bits per heavy atom. The van der Waals surface area contributed by atoms with Gasteiger partial charge in [0.1, 0.15) is 0 Å². The summed E-state index contributed by atoms with van der Waals surface area (Å²) < 4.78 is 0. The van der Waals surface area contributed by atoms with Crippen molar-refractivity contribution >= 4 is 17.6 Å². The Hall–Kier alpha value is -2.08. The summed E-state index contributed by atoms with van der Waals surface area (Å²) in [7, 11) is 1.75. The van der Waals surface area contributed by atoms with E-state index in [0.29, 0.717) is 5.96 Å². The van der Waals surface area contributed by atoms with E-state index >= 15 is 0 Å². The lowest BCUT2D eigenvalue weighted by Gasteiger charge is -2.30. The van der Waals surface area contributed by atoms with Gasteiger partial charge in [-0.1, -0.05) is 25.1 Å². The van der Waals surface area contributed by atoms with Crippen LogP contribution in [0.25, 0.3) is 0 Å². The Labute approximate surface area is 169 Å². The molecule has 6 heteroatoms. The van der Waals surface area contributed by atoms with Crippen molar-refractivity contribution in [3.05, 3.63) is 29.8 Å². The molecule has 0 radical (unpaired) electrons. The van der Waals surface area contributed by atoms with Crippen LogP contribution in [0.5, 0.6) is 0 Å². The molecule has 6 nitrogen and oxygen atoms in total. The smallest absolute Gasteiger partial charge is 0.246 e. The molecule has 1 aromatic carbocycles. The molecule has 1 fully saturated rings. The lowest BCUT2D eigenvalue weighted by molar-refractivity contribution is -0.117. The van der Waals surface area contributed by atoms with Crippen molar-refractivity contribution in [3.63, 3.8) is 0 Å². The fraction of sp³-hybridized carbons (Fsp3) is 0.636. The van der Waals surface area contributed by atoms with Gasteiger partial charge in [0.15, 0.2) is 5.96 Å². The standard InChI is InChI=1S/C22H35N5O/c1-18-10-15-26(16-11-18)13-6-12-24-22(23-2)25-17-21(28)27-14-5-8-19-7-3-4-9-20(19)27/h3-4,7,9,18H,5-6,8,10-17H2,1-2H3,(H2,23,24,25). The third-order valence-electron chi connectivity index (χ3n) is 5.86. The number of piperidine rings is 1. The maximum atomic E-state index is 12.7. The SMILES string of the molecule is CN=C(NCCCN1CCC(C)CC1)NCC(=O)N1CCCc2ccccc21. The van der Waals surface area contributed by atoms with Crippen LogP contribution in [0.2, 0.25) is 0 Å². The van der Waals surface area contributed by atoms with E-state index in [2.05, 4.69) is 33.5 Å². The minimum Gasteiger partial charge on any atom is -0.356 e. The summed E-state index contributed by atoms with van der Waals surface area (Å²) in [4.78, 5) is 21.4. The number of likely N-dealkylation sites (tertiary alicyclic amines) is 1. The number of guanidine groups is 1. The summed E-state index contributed by atoms with van der Waals surface area (Å²) in [5, 5.41) is 6.51. The number of carbonyl (C=O) groups excluding carboxylic acids is 1. The van der Waals surface area contributed by atoms with Crippen LogP contribution in [0.3, 0.4) is 0 Å². The van der Waals surface area contributed by atoms with E-state index in [9.17, 15) is 4.79 Å². The predicted octanol–water partition coefficient (Wildman–Crippen LogP) is 2.25. The van der Waals surface area contributed by atoms with Gasteiger partial charge in [-0.25, -0.2) is 0 Å². The van der Waals surface area contributed by atoms with Crippen molar-refractivity contribution in [2.45, 2.75) is 39.0 Å². The van der Waals surface area contributed by atoms with Gasteiger partial charge >= 0.3 is 0 Å². The number of hydrogen-bond donors (Lipinski definition) is 2. The van der Waals surface area contributed by atoms with Crippen LogP contribution < -0.4 is 15.5 Å². The van der Waals surface area contributed by atoms with Crippen LogP contribution in [-0.4, -0.2) is 63.1 Å². The highest BCUT2D eigenvalue weighted by Gasteiger charge is 2.22. The molecule has 2 heterocycles. The minimum atomic E-state index is 0.0949. The number of aryl methyl sites for hydroxylation is 1. The number of fused-ring (bicyclic) bond motifs is 1. The molecule has 2 aliphatic heterocycles. The first-order valence-corrected chi connectivity index (χ1v) is 10.7. The molecule has 0 atom stereocenters. The highest BCUT2D eigenvalue weighted by Crippen LogP contribution is 2.26. The molecule has 0 aromatic heterocycles. The first-order valence-electron chi connectivity index (χ1n) is 10.7. The van der Waals surface area contributed by atoms with Gasteiger partial charge in [0.05, 0.1) is 6.54 Å². The van der Waals surface area contributed by atoms with E-state index in [1.165, 1.54) is 31.5 Å². The fourth-order valence-corrected chi connectivity index (χ4v) is 4.06. The minimum absolute atomic E-state index is 0.0949. The summed E-state index contributed by atoms with van der Waals surface area (Å²) >= 11 is 0. The van der Waals surface area contributed by atoms with E-state index in [1.54, 1.807) is 7.05 Å². The Morgan fingerprint density at radius 3 is 2.75 bits per heavy atom. The zero-order chi connectivity index (χ0) is 19.8. The highest BCUT2D eigenvalue weighted by molar-refractivity contribution is 5.98. The van der Waals surface area contributed by atoms with E-state index in [1.807, 2.05) is 23.1 Å². The molecule has 0 bridgehead atoms. The summed E-state index contributed by atoms with van der Waals surface area (Å²) in [5.41, 5.74) is 2.32. The normalized spacial score (nSPS) is 18.6. The number of para-hydroxylation sites is 1. The second kappa shape index (κ2) is 10.5. The van der Waals surface area contributed by atoms with Crippen LogP contribution >= 0.6 is 0 Å². The second-order valence-corrected chi connectivity index (χ2v) is 8.01. The molecule has 154 valence electrons. The van der Waals surface area contributed by atoms with E-state index in [4.69, 9.17) is 0 Å². The highest BCUT2D eigenvalue weighted by atomic mass is 16.2. The molecule has 1 amide bonds. The number of nitrogens with zero attached hydrogens (tertiary/aromatic N) is 3. The van der Waals surface area contributed by atoms with Crippen LogP contribution in [0.15, 0.2) is 29.3 Å². The molecule has 0 saturated carbocycles. The van der Waals surface area contributed by atoms with Crippen molar-refractivity contribution in [2.24, 2.45) is 10.9 Å². The molecular weight excluding hydrogens is 350 g/mol. The number of amides is 1. The largest absolute Gasteiger partial charge is 0.356 e. The van der Waals surface area contributed by atoms with Crippen LogP contribution in [0, 0.1) is 5.92 Å². The molecule has 2 aliphatic rings. The first kappa shape index (κ1) is 20.6. The van der Waals surface area contributed by atoms with E-state index in [-0.39, 0.29) is 12.5 Å². The Balaban J connectivity index is 1.38. The van der Waals surface area contributed by atoms with Gasteiger partial charge in [-0.05, 0) is 69.3 Å². The van der Waals surface area contributed by atoms with Crippen LogP contribution in [-0.2, 0) is 11.2 Å². The maximum absolute atomic E-state index is 12.7. The number of anilines is 1. The molecule has 0 aliphatic carbocycles. The average Bonchev–Trinajstić information content (AvgIpc) is 2.74. The summed E-state index contributed by atoms with van der Waals surface area (Å²) in [6, 6.07) is 8.20. The Bertz CT molecular complexity index is 667. The third-order valence-corrected chi connectivity index (χ3v) is 5.86. The molecule has 0 spiro atoms. The van der Waals surface area contributed by atoms with E-state index < -0.39 is 0 Å². The lowest BCUT2D eigenvalue weighted by atomic mass is 9.99. The number of aliphatic imine (C=N–C) groups is 1. The van der Waals surface area contributed by atoms with Crippen LogP contribution in [0.4, 0.5) is 5.69 Å². The Morgan fingerprint density at radius 1 is 1.18 bits per heavy atom. The van der Waals surface area contributed by atoms with Gasteiger partial charge in [0.25, 0.3) is 0 Å². The second-order valence-electron chi connectivity index (χ2n) is 8.01. The number of benzene rings is 1. The predicted molar refractivity (Wildman–Crippen MR) is 116 cm³/mol. The van der Waals surface area contributed by atoms with Gasteiger partial charge < -0.3 is 20.4 Å². The first-order chi connectivity index (χ1) is 13.7. The van der Waals surface area contributed by atoms with Gasteiger partial charge in [-0.2, -0.15) is 0 Å². The third kappa shape index (κ3) is 5.71. The monoisotopic (exact) mass is 385 g/mol. The zero-order valence-electron chi connectivity index (χ0n) is 17.4. The van der Waals surface area contributed by atoms with Gasteiger partial charge in [-0.3, -0.25) is 9.79 Å². The quantitative estimate of drug-likeness (QED) is 0.448. The van der Waals surface area contributed by atoms with Crippen molar-refractivity contribution in [1.82, 2.24) is 15.5 Å². The summed E-state index contributed by atoms with van der Waals surface area (Å²) in [6.07, 6.45) is 5.79. The molecule has 2 N–H and O–H groups in total. The van der Waals surface area contributed by atoms with Crippen molar-refractivity contribution in [2.75, 3.05) is 51.2 Å². The maximum Gasteiger partial charge on any atom is 0.246 e. The number of rotatable bonds is 6. The van der Waals surface area contributed by atoms with Gasteiger partial charge in [-0.15, -0.1) is 0 Å². The molecule has 28 heavy (non-hydrogen) atoms.